The number of benzene rings is 2. The van der Waals surface area contributed by atoms with E-state index in [2.05, 4.69) is 15.9 Å². The molecule has 2 aromatic rings. The average Bonchev–Trinajstić information content (AvgIpc) is 2.53. The second-order valence-electron chi connectivity index (χ2n) is 4.63. The molecule has 0 aliphatic carbocycles. The standard InChI is InChI=1S/C15H9BrN2O6/c16-11-4-1-9(2-5-11)3-6-14(19)10-7-12(17(21)22)15(20)13(8-10)18(23)24/h1-8,20H/b6-3+. The molecule has 0 spiro atoms. The van der Waals surface area contributed by atoms with Crippen molar-refractivity contribution in [3.63, 3.8) is 0 Å². The van der Waals surface area contributed by atoms with E-state index in [4.69, 9.17) is 0 Å². The summed E-state index contributed by atoms with van der Waals surface area (Å²) in [5.74, 6) is -1.75. The molecule has 9 heteroatoms. The Morgan fingerprint density at radius 1 is 1.04 bits per heavy atom. The van der Waals surface area contributed by atoms with E-state index in [-0.39, 0.29) is 5.56 Å². The Morgan fingerprint density at radius 2 is 1.54 bits per heavy atom. The van der Waals surface area contributed by atoms with Gasteiger partial charge in [0.1, 0.15) is 0 Å². The number of nitro benzene ring substituents is 2. The lowest BCUT2D eigenvalue weighted by Crippen LogP contribution is -2.00. The molecule has 0 fully saturated rings. The van der Waals surface area contributed by atoms with Gasteiger partial charge in [0.05, 0.1) is 9.85 Å². The number of allylic oxidation sites excluding steroid dienone is 1. The summed E-state index contributed by atoms with van der Waals surface area (Å²) in [5.41, 5.74) is -1.36. The lowest BCUT2D eigenvalue weighted by atomic mass is 10.1. The molecule has 0 unspecified atom stereocenters. The Hall–Kier alpha value is -3.07. The van der Waals surface area contributed by atoms with Gasteiger partial charge < -0.3 is 5.11 Å². The second-order valence-corrected chi connectivity index (χ2v) is 5.54. The van der Waals surface area contributed by atoms with Crippen LogP contribution in [-0.2, 0) is 0 Å². The van der Waals surface area contributed by atoms with Crippen molar-refractivity contribution in [3.8, 4) is 5.75 Å². The zero-order valence-electron chi connectivity index (χ0n) is 11.9. The molecule has 8 nitrogen and oxygen atoms in total. The molecule has 0 atom stereocenters. The molecule has 122 valence electrons. The Balaban J connectivity index is 2.40. The van der Waals surface area contributed by atoms with Crippen LogP contribution in [-0.4, -0.2) is 20.7 Å². The van der Waals surface area contributed by atoms with Crippen LogP contribution in [0.25, 0.3) is 6.08 Å². The van der Waals surface area contributed by atoms with Crippen molar-refractivity contribution in [1.29, 1.82) is 0 Å². The first-order valence-corrected chi connectivity index (χ1v) is 7.22. The summed E-state index contributed by atoms with van der Waals surface area (Å²) >= 11 is 3.27. The lowest BCUT2D eigenvalue weighted by Gasteiger charge is -2.01. The van der Waals surface area contributed by atoms with Crippen molar-refractivity contribution in [2.45, 2.75) is 0 Å². The van der Waals surface area contributed by atoms with Gasteiger partial charge in [-0.25, -0.2) is 0 Å². The minimum atomic E-state index is -1.08. The molecule has 2 rings (SSSR count). The molecule has 0 bridgehead atoms. The van der Waals surface area contributed by atoms with Crippen molar-refractivity contribution >= 4 is 39.2 Å². The van der Waals surface area contributed by atoms with E-state index in [1.165, 1.54) is 6.08 Å². The monoisotopic (exact) mass is 392 g/mol. The van der Waals surface area contributed by atoms with E-state index in [0.29, 0.717) is 5.56 Å². The first kappa shape index (κ1) is 17.3. The molecule has 2 aromatic carbocycles. The highest BCUT2D eigenvalue weighted by atomic mass is 79.9. The number of nitro groups is 2. The molecular weight excluding hydrogens is 384 g/mol. The predicted octanol–water partition coefficient (Wildman–Crippen LogP) is 3.87. The highest BCUT2D eigenvalue weighted by molar-refractivity contribution is 9.10. The van der Waals surface area contributed by atoms with Crippen molar-refractivity contribution in [2.75, 3.05) is 0 Å². The van der Waals surface area contributed by atoms with Crippen LogP contribution in [0.1, 0.15) is 15.9 Å². The van der Waals surface area contributed by atoms with E-state index in [9.17, 15) is 30.1 Å². The van der Waals surface area contributed by atoms with Crippen molar-refractivity contribution in [2.24, 2.45) is 0 Å². The van der Waals surface area contributed by atoms with E-state index in [1.54, 1.807) is 24.3 Å². The Labute approximate surface area is 143 Å². The number of nitrogens with zero attached hydrogens (tertiary/aromatic N) is 2. The topological polar surface area (TPSA) is 124 Å². The Bertz CT molecular complexity index is 826. The van der Waals surface area contributed by atoms with Crippen molar-refractivity contribution in [3.05, 3.63) is 78.3 Å². The number of hydrogen-bond acceptors (Lipinski definition) is 6. The van der Waals surface area contributed by atoms with Crippen LogP contribution in [0.5, 0.6) is 5.75 Å². The number of carbonyl (C=O) groups is 1. The summed E-state index contributed by atoms with van der Waals surface area (Å²) in [6.07, 6.45) is 2.61. The predicted molar refractivity (Wildman–Crippen MR) is 88.9 cm³/mol. The van der Waals surface area contributed by atoms with Crippen molar-refractivity contribution in [1.82, 2.24) is 0 Å². The van der Waals surface area contributed by atoms with Gasteiger partial charge in [0.25, 0.3) is 5.75 Å². The first-order valence-electron chi connectivity index (χ1n) is 6.43. The van der Waals surface area contributed by atoms with E-state index in [0.717, 1.165) is 22.7 Å². The first-order chi connectivity index (χ1) is 11.3. The normalized spacial score (nSPS) is 10.7. The SMILES string of the molecule is O=C(/C=C/c1ccc(Br)cc1)c1cc([N+](=O)[O-])c(O)c([N+](=O)[O-])c1. The molecular formula is C15H9BrN2O6. The number of ketones is 1. The largest absolute Gasteiger partial charge is 0.497 e. The van der Waals surface area contributed by atoms with Gasteiger partial charge >= 0.3 is 11.4 Å². The quantitative estimate of drug-likeness (QED) is 0.356. The van der Waals surface area contributed by atoms with Gasteiger partial charge in [-0.05, 0) is 23.8 Å². The molecule has 24 heavy (non-hydrogen) atoms. The summed E-state index contributed by atoms with van der Waals surface area (Å²) in [5, 5.41) is 31.3. The van der Waals surface area contributed by atoms with Gasteiger partial charge in [0.2, 0.25) is 0 Å². The van der Waals surface area contributed by atoms with Crippen LogP contribution in [0.3, 0.4) is 0 Å². The number of hydrogen-bond donors (Lipinski definition) is 1. The highest BCUT2D eigenvalue weighted by Crippen LogP contribution is 2.36. The van der Waals surface area contributed by atoms with Gasteiger partial charge in [-0.3, -0.25) is 25.0 Å². The van der Waals surface area contributed by atoms with Crippen LogP contribution < -0.4 is 0 Å². The third-order valence-electron chi connectivity index (χ3n) is 3.04. The van der Waals surface area contributed by atoms with Gasteiger partial charge in [0, 0.05) is 22.2 Å². The van der Waals surface area contributed by atoms with Gasteiger partial charge in [-0.15, -0.1) is 0 Å². The number of phenolic OH excluding ortho intramolecular Hbond substituents is 1. The van der Waals surface area contributed by atoms with Crippen LogP contribution in [0.2, 0.25) is 0 Å². The fraction of sp³-hybridized carbons (Fsp3) is 0. The maximum atomic E-state index is 12.1. The molecule has 0 saturated carbocycles. The molecule has 0 aliphatic heterocycles. The zero-order valence-corrected chi connectivity index (χ0v) is 13.5. The summed E-state index contributed by atoms with van der Waals surface area (Å²) in [6, 6.07) is 8.60. The number of carbonyl (C=O) groups excluding carboxylic acids is 1. The minimum absolute atomic E-state index is 0.264. The Kier molecular flexibility index (Phi) is 5.05. The summed E-state index contributed by atoms with van der Waals surface area (Å²) in [6.45, 7) is 0. The van der Waals surface area contributed by atoms with Crippen LogP contribution in [0.15, 0.2) is 46.9 Å². The fourth-order valence-corrected chi connectivity index (χ4v) is 2.13. The Morgan fingerprint density at radius 3 is 2.00 bits per heavy atom. The number of phenols is 1. The maximum Gasteiger partial charge on any atom is 0.318 e. The third-order valence-corrected chi connectivity index (χ3v) is 3.57. The van der Waals surface area contributed by atoms with Crippen LogP contribution in [0, 0.1) is 20.2 Å². The molecule has 0 radical (unpaired) electrons. The second kappa shape index (κ2) is 7.01. The maximum absolute atomic E-state index is 12.1. The van der Waals surface area contributed by atoms with Gasteiger partial charge in [-0.2, -0.15) is 0 Å². The molecule has 0 heterocycles. The van der Waals surface area contributed by atoms with Crippen LogP contribution >= 0.6 is 15.9 Å². The average molecular weight is 393 g/mol. The number of rotatable bonds is 5. The summed E-state index contributed by atoms with van der Waals surface area (Å²) in [7, 11) is 0. The molecule has 1 N–H and O–H groups in total. The summed E-state index contributed by atoms with van der Waals surface area (Å²) < 4.78 is 0.857. The smallest absolute Gasteiger partial charge is 0.318 e. The number of halogens is 1. The molecule has 0 aromatic heterocycles. The van der Waals surface area contributed by atoms with Crippen LogP contribution in [0.4, 0.5) is 11.4 Å². The van der Waals surface area contributed by atoms with Crippen molar-refractivity contribution < 1.29 is 19.7 Å². The van der Waals surface area contributed by atoms with E-state index < -0.39 is 32.8 Å². The highest BCUT2D eigenvalue weighted by Gasteiger charge is 2.27. The molecule has 0 aliphatic rings. The number of aromatic hydroxyl groups is 1. The summed E-state index contributed by atoms with van der Waals surface area (Å²) in [4.78, 5) is 31.9. The molecule has 0 saturated heterocycles. The van der Waals surface area contributed by atoms with E-state index in [1.807, 2.05) is 0 Å². The minimum Gasteiger partial charge on any atom is -0.497 e. The van der Waals surface area contributed by atoms with E-state index >= 15 is 0 Å². The van der Waals surface area contributed by atoms with Gasteiger partial charge in [0.15, 0.2) is 5.78 Å². The third kappa shape index (κ3) is 3.82. The lowest BCUT2D eigenvalue weighted by molar-refractivity contribution is -0.396. The fourth-order valence-electron chi connectivity index (χ4n) is 1.87. The molecule has 0 amide bonds. The zero-order chi connectivity index (χ0) is 17.9. The van der Waals surface area contributed by atoms with Gasteiger partial charge in [-0.1, -0.05) is 34.1 Å².